The van der Waals surface area contributed by atoms with E-state index < -0.39 is 0 Å². The third kappa shape index (κ3) is 5.46. The second-order valence-electron chi connectivity index (χ2n) is 4.58. The Balaban J connectivity index is 2.85. The molecule has 0 aliphatic rings. The molecule has 114 valence electrons. The molecule has 0 aliphatic heterocycles. The summed E-state index contributed by atoms with van der Waals surface area (Å²) in [4.78, 5) is 12.2. The topological polar surface area (TPSA) is 73.6 Å². The number of hydrogen-bond acceptors (Lipinski definition) is 4. The maximum Gasteiger partial charge on any atom is 0.251 e. The number of carbonyl (C=O) groups is 1. The van der Waals surface area contributed by atoms with Crippen molar-refractivity contribution in [1.82, 2.24) is 5.32 Å². The average Bonchev–Trinajstić information content (AvgIpc) is 2.50. The summed E-state index contributed by atoms with van der Waals surface area (Å²) in [5.74, 6) is 6.15. The van der Waals surface area contributed by atoms with Gasteiger partial charge in [0.15, 0.2) is 0 Å². The summed E-state index contributed by atoms with van der Waals surface area (Å²) < 4.78 is 10.2. The number of nitrogens with two attached hydrogens (primary N) is 1. The highest BCUT2D eigenvalue weighted by Gasteiger charge is 2.11. The van der Waals surface area contributed by atoms with Crippen LogP contribution in [0, 0.1) is 11.8 Å². The van der Waals surface area contributed by atoms with E-state index in [2.05, 4.69) is 17.2 Å². The predicted octanol–water partition coefficient (Wildman–Crippen LogP) is 1.16. The van der Waals surface area contributed by atoms with Gasteiger partial charge in [-0.15, -0.1) is 0 Å². The molecule has 0 saturated heterocycles. The van der Waals surface area contributed by atoms with E-state index in [0.717, 1.165) is 6.42 Å². The van der Waals surface area contributed by atoms with Crippen molar-refractivity contribution < 1.29 is 14.3 Å². The summed E-state index contributed by atoms with van der Waals surface area (Å²) in [5, 5.41) is 2.92. The molecule has 3 N–H and O–H groups in total. The highest BCUT2D eigenvalue weighted by Crippen LogP contribution is 2.19. The first-order chi connectivity index (χ1) is 10.1. The number of hydrogen-bond donors (Lipinski definition) is 2. The molecule has 5 nitrogen and oxygen atoms in total. The van der Waals surface area contributed by atoms with Gasteiger partial charge in [-0.25, -0.2) is 0 Å². The average molecular weight is 290 g/mol. The Labute approximate surface area is 125 Å². The molecule has 1 amide bonds. The first kappa shape index (κ1) is 17.0. The Kier molecular flexibility index (Phi) is 7.30. The Bertz CT molecular complexity index is 532. The fourth-order valence-corrected chi connectivity index (χ4v) is 1.77. The summed E-state index contributed by atoms with van der Waals surface area (Å²) >= 11 is 0. The minimum absolute atomic E-state index is 0.0399. The summed E-state index contributed by atoms with van der Waals surface area (Å²) in [6, 6.07) is 5.19. The van der Waals surface area contributed by atoms with Crippen LogP contribution < -0.4 is 15.8 Å². The first-order valence-corrected chi connectivity index (χ1v) is 6.79. The van der Waals surface area contributed by atoms with E-state index in [0.29, 0.717) is 23.5 Å². The number of rotatable bonds is 6. The number of ether oxygens (including phenoxy) is 2. The molecule has 0 bridgehead atoms. The van der Waals surface area contributed by atoms with E-state index in [9.17, 15) is 4.79 Å². The van der Waals surface area contributed by atoms with Crippen LogP contribution in [0.4, 0.5) is 0 Å². The van der Waals surface area contributed by atoms with E-state index in [1.165, 1.54) is 0 Å². The summed E-state index contributed by atoms with van der Waals surface area (Å²) in [5.41, 5.74) is 6.57. The summed E-state index contributed by atoms with van der Waals surface area (Å²) in [7, 11) is 3.20. The van der Waals surface area contributed by atoms with Crippen LogP contribution in [0.15, 0.2) is 18.2 Å². The molecule has 1 aromatic carbocycles. The molecular weight excluding hydrogens is 268 g/mol. The van der Waals surface area contributed by atoms with Gasteiger partial charge in [0, 0.05) is 25.3 Å². The van der Waals surface area contributed by atoms with Crippen LogP contribution in [0.5, 0.6) is 5.75 Å². The number of methoxy groups -OCH3 is 2. The van der Waals surface area contributed by atoms with Gasteiger partial charge in [0.2, 0.25) is 0 Å². The Morgan fingerprint density at radius 1 is 1.43 bits per heavy atom. The van der Waals surface area contributed by atoms with Crippen molar-refractivity contribution in [2.45, 2.75) is 19.4 Å². The fraction of sp³-hybridized carbons (Fsp3) is 0.438. The quantitative estimate of drug-likeness (QED) is 0.771. The Hall–Kier alpha value is -2.03. The molecule has 0 aromatic heterocycles. The summed E-state index contributed by atoms with van der Waals surface area (Å²) in [6.45, 7) is 2.81. The molecule has 1 atom stereocenters. The van der Waals surface area contributed by atoms with E-state index in [1.54, 1.807) is 32.4 Å². The molecule has 0 radical (unpaired) electrons. The van der Waals surface area contributed by atoms with Crippen LogP contribution >= 0.6 is 0 Å². The van der Waals surface area contributed by atoms with Gasteiger partial charge in [0.25, 0.3) is 5.91 Å². The van der Waals surface area contributed by atoms with E-state index >= 15 is 0 Å². The molecule has 21 heavy (non-hydrogen) atoms. The highest BCUT2D eigenvalue weighted by molar-refractivity contribution is 5.95. The van der Waals surface area contributed by atoms with Gasteiger partial charge in [-0.3, -0.25) is 4.79 Å². The van der Waals surface area contributed by atoms with Gasteiger partial charge in [0.05, 0.1) is 19.2 Å². The monoisotopic (exact) mass is 290 g/mol. The van der Waals surface area contributed by atoms with Gasteiger partial charge in [-0.2, -0.15) is 0 Å². The lowest BCUT2D eigenvalue weighted by Crippen LogP contribution is -2.33. The maximum atomic E-state index is 12.2. The molecular formula is C16H22N2O3. The third-order valence-corrected chi connectivity index (χ3v) is 2.92. The molecule has 0 spiro atoms. The van der Waals surface area contributed by atoms with Crippen molar-refractivity contribution in [1.29, 1.82) is 0 Å². The Morgan fingerprint density at radius 2 is 2.19 bits per heavy atom. The highest BCUT2D eigenvalue weighted by atomic mass is 16.5. The zero-order valence-corrected chi connectivity index (χ0v) is 12.7. The van der Waals surface area contributed by atoms with Crippen molar-refractivity contribution in [2.75, 3.05) is 27.4 Å². The van der Waals surface area contributed by atoms with Gasteiger partial charge in [-0.05, 0) is 31.5 Å². The normalized spacial score (nSPS) is 11.2. The summed E-state index contributed by atoms with van der Waals surface area (Å²) in [6.07, 6.45) is 0.762. The minimum atomic E-state index is -0.142. The number of carbonyl (C=O) groups excluding carboxylic acids is 1. The third-order valence-electron chi connectivity index (χ3n) is 2.92. The van der Waals surface area contributed by atoms with Crippen LogP contribution in [-0.2, 0) is 4.74 Å². The largest absolute Gasteiger partial charge is 0.495 e. The first-order valence-electron chi connectivity index (χ1n) is 6.79. The van der Waals surface area contributed by atoms with Crippen LogP contribution in [0.2, 0.25) is 0 Å². The van der Waals surface area contributed by atoms with Crippen LogP contribution in [0.25, 0.3) is 0 Å². The lowest BCUT2D eigenvalue weighted by Gasteiger charge is -2.14. The molecule has 0 heterocycles. The molecule has 1 aromatic rings. The predicted molar refractivity (Wildman–Crippen MR) is 82.3 cm³/mol. The second kappa shape index (κ2) is 9.01. The second-order valence-corrected chi connectivity index (χ2v) is 4.58. The zero-order chi connectivity index (χ0) is 15.7. The molecule has 5 heteroatoms. The van der Waals surface area contributed by atoms with Gasteiger partial charge >= 0.3 is 0 Å². The smallest absolute Gasteiger partial charge is 0.251 e. The molecule has 1 rings (SSSR count). The lowest BCUT2D eigenvalue weighted by atomic mass is 10.1. The number of benzene rings is 1. The van der Waals surface area contributed by atoms with Crippen molar-refractivity contribution in [3.05, 3.63) is 29.3 Å². The van der Waals surface area contributed by atoms with Gasteiger partial charge in [-0.1, -0.05) is 11.8 Å². The van der Waals surface area contributed by atoms with Crippen molar-refractivity contribution in [2.24, 2.45) is 5.73 Å². The molecule has 0 fully saturated rings. The maximum absolute atomic E-state index is 12.2. The standard InChI is InChI=1S/C16H22N2O3/c1-12(8-10-20-2)18-16(19)14-6-7-15(21-3)13(11-14)5-4-9-17/h6-7,11-12H,8-10,17H2,1-3H3,(H,18,19). The van der Waals surface area contributed by atoms with E-state index in [1.807, 2.05) is 6.92 Å². The van der Waals surface area contributed by atoms with Gasteiger partial charge < -0.3 is 20.5 Å². The lowest BCUT2D eigenvalue weighted by molar-refractivity contribution is 0.0929. The molecule has 1 unspecified atom stereocenters. The molecule has 0 saturated carbocycles. The van der Waals surface area contributed by atoms with Crippen molar-refractivity contribution in [3.8, 4) is 17.6 Å². The van der Waals surface area contributed by atoms with Crippen LogP contribution in [-0.4, -0.2) is 39.3 Å². The van der Waals surface area contributed by atoms with Crippen LogP contribution in [0.3, 0.4) is 0 Å². The van der Waals surface area contributed by atoms with Crippen molar-refractivity contribution in [3.63, 3.8) is 0 Å². The van der Waals surface area contributed by atoms with Crippen LogP contribution in [0.1, 0.15) is 29.3 Å². The number of nitrogens with one attached hydrogen (secondary N) is 1. The number of amides is 1. The van der Waals surface area contributed by atoms with Gasteiger partial charge in [0.1, 0.15) is 5.75 Å². The minimum Gasteiger partial charge on any atom is -0.495 e. The van der Waals surface area contributed by atoms with Crippen molar-refractivity contribution >= 4 is 5.91 Å². The van der Waals surface area contributed by atoms with E-state index in [-0.39, 0.29) is 18.5 Å². The fourth-order valence-electron chi connectivity index (χ4n) is 1.77. The zero-order valence-electron chi connectivity index (χ0n) is 12.7. The van der Waals surface area contributed by atoms with E-state index in [4.69, 9.17) is 15.2 Å². The molecule has 0 aliphatic carbocycles. The SMILES string of the molecule is COCCC(C)NC(=O)c1ccc(OC)c(C#CCN)c1. The Morgan fingerprint density at radius 3 is 2.81 bits per heavy atom.